The van der Waals surface area contributed by atoms with Gasteiger partial charge in [-0.25, -0.2) is 4.79 Å². The van der Waals surface area contributed by atoms with E-state index in [4.69, 9.17) is 22.9 Å². The number of hydrogen-bond acceptors (Lipinski definition) is 9. The summed E-state index contributed by atoms with van der Waals surface area (Å²) in [6.07, 6.45) is 5.51. The molecule has 15 N–H and O–H groups in total. The zero-order valence-corrected chi connectivity index (χ0v) is 31.3. The zero-order valence-electron chi connectivity index (χ0n) is 30.4. The first-order valence-corrected chi connectivity index (χ1v) is 18.7. The van der Waals surface area contributed by atoms with Crippen LogP contribution in [0, 0.1) is 0 Å². The molecule has 17 nitrogen and oxygen atoms in total. The number of para-hydroxylation sites is 2. The van der Waals surface area contributed by atoms with Crippen molar-refractivity contribution >= 4 is 70.0 Å². The lowest BCUT2D eigenvalue weighted by Crippen LogP contribution is -2.59. The van der Waals surface area contributed by atoms with Crippen LogP contribution in [0.25, 0.3) is 21.8 Å². The summed E-state index contributed by atoms with van der Waals surface area (Å²) in [5, 5.41) is 22.1. The van der Waals surface area contributed by atoms with E-state index in [1.165, 1.54) is 0 Å². The van der Waals surface area contributed by atoms with E-state index >= 15 is 0 Å². The van der Waals surface area contributed by atoms with Crippen LogP contribution in [0.2, 0.25) is 0 Å². The maximum Gasteiger partial charge on any atom is 0.326 e. The van der Waals surface area contributed by atoms with Gasteiger partial charge in [0.1, 0.15) is 24.2 Å². The number of aliphatic imine (C=N–C) groups is 1. The fourth-order valence-corrected chi connectivity index (χ4v) is 6.41. The van der Waals surface area contributed by atoms with Crippen LogP contribution in [0.1, 0.15) is 43.2 Å². The van der Waals surface area contributed by atoms with Crippen molar-refractivity contribution in [3.63, 3.8) is 0 Å². The highest BCUT2D eigenvalue weighted by Crippen LogP contribution is 2.21. The number of amides is 4. The highest BCUT2D eigenvalue weighted by atomic mass is 32.1. The van der Waals surface area contributed by atoms with E-state index in [0.717, 1.165) is 27.4 Å². The molecule has 0 spiro atoms. The number of carboxylic acids is 1. The van der Waals surface area contributed by atoms with E-state index in [-0.39, 0.29) is 43.9 Å². The number of aromatic nitrogens is 2. The van der Waals surface area contributed by atoms with Crippen molar-refractivity contribution in [2.45, 2.75) is 75.2 Å². The van der Waals surface area contributed by atoms with Gasteiger partial charge in [-0.3, -0.25) is 24.2 Å². The first-order chi connectivity index (χ1) is 26.4. The minimum atomic E-state index is -1.29. The summed E-state index contributed by atoms with van der Waals surface area (Å²) >= 11 is 4.26. The number of benzene rings is 2. The SMILES string of the molecule is NCCCC[C@H](N)C(=O)N[C@@H](Cc1c[nH]c2ccccc12)C(=O)N[C@@H](Cc1c[nH]c2ccccc12)C(=O)N[C@@H](CS)C(=O)N[C@@H](CCCN=C(N)N)C(=O)O. The number of aliphatic carboxylic acids is 1. The lowest BCUT2D eigenvalue weighted by molar-refractivity contribution is -0.142. The summed E-state index contributed by atoms with van der Waals surface area (Å²) in [6.45, 7) is 0.613. The van der Waals surface area contributed by atoms with Crippen molar-refractivity contribution in [3.05, 3.63) is 72.1 Å². The van der Waals surface area contributed by atoms with Crippen LogP contribution < -0.4 is 44.2 Å². The normalized spacial score (nSPS) is 13.9. The van der Waals surface area contributed by atoms with E-state index in [9.17, 15) is 29.1 Å². The van der Waals surface area contributed by atoms with Crippen LogP contribution in [-0.4, -0.2) is 99.7 Å². The van der Waals surface area contributed by atoms with Crippen LogP contribution in [0.3, 0.4) is 0 Å². The molecule has 18 heteroatoms. The zero-order chi connectivity index (χ0) is 39.9. The fourth-order valence-electron chi connectivity index (χ4n) is 6.15. The number of carboxylic acid groups (broad SMARTS) is 1. The summed E-state index contributed by atoms with van der Waals surface area (Å²) < 4.78 is 0. The highest BCUT2D eigenvalue weighted by Gasteiger charge is 2.32. The highest BCUT2D eigenvalue weighted by molar-refractivity contribution is 7.80. The minimum absolute atomic E-state index is 0.00259. The van der Waals surface area contributed by atoms with Gasteiger partial charge in [-0.15, -0.1) is 0 Å². The molecule has 0 saturated carbocycles. The fraction of sp³-hybridized carbons (Fsp3) is 0.405. The Morgan fingerprint density at radius 1 is 0.691 bits per heavy atom. The number of rotatable bonds is 22. The van der Waals surface area contributed by atoms with Crippen molar-refractivity contribution in [1.29, 1.82) is 0 Å². The van der Waals surface area contributed by atoms with Crippen LogP contribution in [0.4, 0.5) is 0 Å². The number of carbonyl (C=O) groups excluding carboxylic acids is 4. The van der Waals surface area contributed by atoms with E-state index in [0.29, 0.717) is 31.4 Å². The maximum absolute atomic E-state index is 14.2. The van der Waals surface area contributed by atoms with Crippen molar-refractivity contribution < 1.29 is 29.1 Å². The summed E-state index contributed by atoms with van der Waals surface area (Å²) in [7, 11) is 0. The standard InChI is InChI=1S/C37H51N11O6S/c38-14-6-5-10-25(39)32(49)46-29(16-21-18-43-26-11-3-1-8-23(21)26)33(50)47-30(17-22-19-44-27-12-4-2-9-24(22)27)34(51)48-31(20-55)35(52)45-28(36(53)54)13-7-15-42-37(40)41/h1-4,8-9,11-12,18-19,25,28-31,43-44,55H,5-7,10,13-17,20,38-39H2,(H,45,52)(H,46,49)(H,47,50)(H,48,51)(H,53,54)(H4,40,41,42)/t25-,28-,29-,30-,31-/m0/s1. The topological polar surface area (TPSA) is 302 Å². The molecular formula is C37H51N11O6S. The minimum Gasteiger partial charge on any atom is -0.480 e. The first-order valence-electron chi connectivity index (χ1n) is 18.1. The molecule has 0 bridgehead atoms. The molecule has 4 rings (SSSR count). The van der Waals surface area contributed by atoms with Gasteiger partial charge in [-0.05, 0) is 55.5 Å². The molecule has 4 aromatic rings. The Hall–Kier alpha value is -5.59. The number of unbranched alkanes of at least 4 members (excludes halogenated alkanes) is 1. The Morgan fingerprint density at radius 3 is 1.69 bits per heavy atom. The van der Waals surface area contributed by atoms with E-state index in [2.05, 4.69) is 48.9 Å². The monoisotopic (exact) mass is 777 g/mol. The molecule has 0 radical (unpaired) electrons. The van der Waals surface area contributed by atoms with Crippen molar-refractivity contribution in [2.75, 3.05) is 18.8 Å². The van der Waals surface area contributed by atoms with Crippen molar-refractivity contribution in [2.24, 2.45) is 27.9 Å². The molecular weight excluding hydrogens is 727 g/mol. The third kappa shape index (κ3) is 12.2. The molecule has 5 atom stereocenters. The number of H-pyrrole nitrogens is 2. The number of hydrogen-bond donors (Lipinski definition) is 12. The Bertz CT molecular complexity index is 1960. The molecule has 0 saturated heterocycles. The van der Waals surface area contributed by atoms with Crippen LogP contribution in [-0.2, 0) is 36.8 Å². The molecule has 0 fully saturated rings. The smallest absolute Gasteiger partial charge is 0.326 e. The predicted molar refractivity (Wildman–Crippen MR) is 214 cm³/mol. The molecule has 0 unspecified atom stereocenters. The number of guanidine groups is 1. The van der Waals surface area contributed by atoms with Crippen molar-refractivity contribution in [1.82, 2.24) is 31.2 Å². The average molecular weight is 778 g/mol. The molecule has 2 aromatic carbocycles. The second-order valence-electron chi connectivity index (χ2n) is 13.2. The van der Waals surface area contributed by atoms with Gasteiger partial charge in [0.25, 0.3) is 0 Å². The molecule has 296 valence electrons. The van der Waals surface area contributed by atoms with Gasteiger partial charge >= 0.3 is 5.97 Å². The van der Waals surface area contributed by atoms with Crippen LogP contribution in [0.5, 0.6) is 0 Å². The van der Waals surface area contributed by atoms with Gasteiger partial charge < -0.3 is 59.3 Å². The number of nitrogens with one attached hydrogen (secondary N) is 6. The molecule has 2 aromatic heterocycles. The number of nitrogens with zero attached hydrogens (tertiary/aromatic N) is 1. The third-order valence-electron chi connectivity index (χ3n) is 9.15. The molecule has 55 heavy (non-hydrogen) atoms. The van der Waals surface area contributed by atoms with E-state index in [1.54, 1.807) is 12.4 Å². The maximum atomic E-state index is 14.2. The number of thiol groups is 1. The number of aromatic amines is 2. The lowest BCUT2D eigenvalue weighted by atomic mass is 10.0. The van der Waals surface area contributed by atoms with E-state index in [1.807, 2.05) is 48.5 Å². The average Bonchev–Trinajstić information content (AvgIpc) is 3.77. The van der Waals surface area contributed by atoms with Gasteiger partial charge in [0.15, 0.2) is 5.96 Å². The van der Waals surface area contributed by atoms with Gasteiger partial charge in [-0.2, -0.15) is 12.6 Å². The second-order valence-corrected chi connectivity index (χ2v) is 13.6. The summed E-state index contributed by atoms with van der Waals surface area (Å²) in [5.74, 6) is -4.33. The lowest BCUT2D eigenvalue weighted by Gasteiger charge is -2.26. The number of carbonyl (C=O) groups is 5. The predicted octanol–water partition coefficient (Wildman–Crippen LogP) is -0.102. The molecule has 2 heterocycles. The van der Waals surface area contributed by atoms with Crippen LogP contribution >= 0.6 is 12.6 Å². The van der Waals surface area contributed by atoms with Crippen molar-refractivity contribution in [3.8, 4) is 0 Å². The Kier molecular flexibility index (Phi) is 15.9. The van der Waals surface area contributed by atoms with Crippen LogP contribution in [0.15, 0.2) is 65.9 Å². The Morgan fingerprint density at radius 2 is 1.18 bits per heavy atom. The van der Waals surface area contributed by atoms with Gasteiger partial charge in [-0.1, -0.05) is 42.8 Å². The largest absolute Gasteiger partial charge is 0.480 e. The Labute approximate surface area is 323 Å². The van der Waals surface area contributed by atoms with Gasteiger partial charge in [0, 0.05) is 59.3 Å². The summed E-state index contributed by atoms with van der Waals surface area (Å²) in [6, 6.07) is 9.09. The van der Waals surface area contributed by atoms with Gasteiger partial charge in [0.05, 0.1) is 6.04 Å². The van der Waals surface area contributed by atoms with E-state index < -0.39 is 59.8 Å². The molecule has 0 aliphatic carbocycles. The molecule has 0 aliphatic rings. The number of fused-ring (bicyclic) bond motifs is 2. The Balaban J connectivity index is 1.59. The van der Waals surface area contributed by atoms with Gasteiger partial charge in [0.2, 0.25) is 23.6 Å². The quantitative estimate of drug-likeness (QED) is 0.0218. The summed E-state index contributed by atoms with van der Waals surface area (Å²) in [5.41, 5.74) is 25.6. The molecule has 0 aliphatic heterocycles. The summed E-state index contributed by atoms with van der Waals surface area (Å²) in [4.78, 5) is 77.1. The third-order valence-corrected chi connectivity index (χ3v) is 9.51. The second kappa shape index (κ2) is 20.8. The molecule has 4 amide bonds. The number of nitrogens with two attached hydrogens (primary N) is 4. The first kappa shape index (κ1) is 42.2.